The molecule has 0 amide bonds. The summed E-state index contributed by atoms with van der Waals surface area (Å²) in [7, 11) is -3.36. The van der Waals surface area contributed by atoms with Crippen LogP contribution in [-0.2, 0) is 14.9 Å². The molecule has 0 aliphatic heterocycles. The van der Waals surface area contributed by atoms with Crippen molar-refractivity contribution in [2.45, 2.75) is 4.90 Å². The maximum absolute atomic E-state index is 11.0. The number of carbonyl (C=O) groups is 1. The molecule has 15 heavy (non-hydrogen) atoms. The molecule has 0 bridgehead atoms. The van der Waals surface area contributed by atoms with Crippen LogP contribution in [-0.4, -0.2) is 26.0 Å². The Morgan fingerprint density at radius 2 is 2.00 bits per heavy atom. The van der Waals surface area contributed by atoms with Gasteiger partial charge in [0.25, 0.3) is 0 Å². The fraction of sp³-hybridized carbons (Fsp3) is 0.125. The van der Waals surface area contributed by atoms with Crippen molar-refractivity contribution in [3.05, 3.63) is 29.8 Å². The minimum absolute atomic E-state index is 0. The Labute approximate surface area is 130 Å². The van der Waals surface area contributed by atoms with Gasteiger partial charge in [-0.2, -0.15) is 0 Å². The molecule has 0 spiro atoms. The van der Waals surface area contributed by atoms with Gasteiger partial charge in [0, 0.05) is 0 Å². The van der Waals surface area contributed by atoms with E-state index in [1.165, 1.54) is 19.2 Å². The topological polar surface area (TPSA) is 83.5 Å². The summed E-state index contributed by atoms with van der Waals surface area (Å²) in [6.07, 6.45) is 0. The molecule has 0 atom stereocenters. The molecule has 0 saturated carbocycles. The maximum atomic E-state index is 11.0. The Hall–Kier alpha value is 0.236. The van der Waals surface area contributed by atoms with E-state index in [1.807, 2.05) is 0 Å². The van der Waals surface area contributed by atoms with Crippen LogP contribution >= 0.6 is 0 Å². The van der Waals surface area contributed by atoms with Crippen molar-refractivity contribution < 1.29 is 73.9 Å². The van der Waals surface area contributed by atoms with E-state index in [0.717, 1.165) is 12.1 Å². The van der Waals surface area contributed by atoms with E-state index in [0.29, 0.717) is 0 Å². The van der Waals surface area contributed by atoms with Gasteiger partial charge in [-0.05, 0) is 18.2 Å². The standard InChI is InChI=1S/C8H8O5S.K/c1-13-8(9)6-3-2-4-7(5-6)14(10,11)12;/h2-5H,1H3,(H,10,11,12);/q;+1/p-1. The normalized spacial score (nSPS) is 10.3. The third-order valence-electron chi connectivity index (χ3n) is 1.54. The van der Waals surface area contributed by atoms with Crippen LogP contribution in [0.4, 0.5) is 0 Å². The Balaban J connectivity index is 0.00000196. The van der Waals surface area contributed by atoms with Crippen molar-refractivity contribution in [3.63, 3.8) is 0 Å². The fourth-order valence-corrected chi connectivity index (χ4v) is 1.41. The summed E-state index contributed by atoms with van der Waals surface area (Å²) in [6, 6.07) is 4.76. The molecule has 76 valence electrons. The van der Waals surface area contributed by atoms with E-state index in [4.69, 9.17) is 0 Å². The molecule has 0 N–H and O–H groups in total. The number of methoxy groups -OCH3 is 1. The first kappa shape index (κ1) is 15.2. The largest absolute Gasteiger partial charge is 1.00 e. The Morgan fingerprint density at radius 3 is 2.47 bits per heavy atom. The zero-order valence-electron chi connectivity index (χ0n) is 8.26. The zero-order chi connectivity index (χ0) is 10.8. The van der Waals surface area contributed by atoms with Crippen LogP contribution in [0, 0.1) is 0 Å². The minimum Gasteiger partial charge on any atom is -0.744 e. The molecule has 1 aromatic rings. The second kappa shape index (κ2) is 6.09. The average Bonchev–Trinajstić information content (AvgIpc) is 2.15. The van der Waals surface area contributed by atoms with Crippen LogP contribution in [0.5, 0.6) is 0 Å². The molecule has 0 unspecified atom stereocenters. The van der Waals surface area contributed by atoms with Gasteiger partial charge < -0.3 is 9.29 Å². The van der Waals surface area contributed by atoms with Gasteiger partial charge in [0.15, 0.2) is 0 Å². The van der Waals surface area contributed by atoms with Crippen LogP contribution < -0.4 is 51.4 Å². The molecular formula is C8H7KO5S. The third-order valence-corrected chi connectivity index (χ3v) is 2.38. The molecule has 1 rings (SSSR count). The van der Waals surface area contributed by atoms with Crippen LogP contribution in [0.3, 0.4) is 0 Å². The van der Waals surface area contributed by atoms with E-state index < -0.39 is 21.0 Å². The van der Waals surface area contributed by atoms with Gasteiger partial charge in [-0.3, -0.25) is 0 Å². The predicted octanol–water partition coefficient (Wildman–Crippen LogP) is -2.62. The summed E-state index contributed by atoms with van der Waals surface area (Å²) in [5, 5.41) is 0. The number of ether oxygens (including phenoxy) is 1. The second-order valence-corrected chi connectivity index (χ2v) is 3.85. The van der Waals surface area contributed by atoms with Crippen molar-refractivity contribution in [3.8, 4) is 0 Å². The van der Waals surface area contributed by atoms with E-state index >= 15 is 0 Å². The second-order valence-electron chi connectivity index (χ2n) is 2.47. The van der Waals surface area contributed by atoms with Gasteiger partial charge in [0.05, 0.1) is 17.6 Å². The molecule has 7 heteroatoms. The molecule has 0 radical (unpaired) electrons. The summed E-state index contributed by atoms with van der Waals surface area (Å²) >= 11 is 0. The average molecular weight is 254 g/mol. The molecular weight excluding hydrogens is 247 g/mol. The summed E-state index contributed by atoms with van der Waals surface area (Å²) in [4.78, 5) is 10.5. The number of rotatable bonds is 2. The first-order valence-corrected chi connectivity index (χ1v) is 5.00. The van der Waals surface area contributed by atoms with Crippen molar-refractivity contribution in [2.75, 3.05) is 7.11 Å². The van der Waals surface area contributed by atoms with Crippen LogP contribution in [0.2, 0.25) is 0 Å². The van der Waals surface area contributed by atoms with E-state index in [1.54, 1.807) is 0 Å². The summed E-state index contributed by atoms with van der Waals surface area (Å²) in [6.45, 7) is 0. The molecule has 5 nitrogen and oxygen atoms in total. The fourth-order valence-electron chi connectivity index (χ4n) is 0.896. The number of hydrogen-bond donors (Lipinski definition) is 0. The smallest absolute Gasteiger partial charge is 0.744 e. The van der Waals surface area contributed by atoms with Crippen LogP contribution in [0.15, 0.2) is 29.2 Å². The third kappa shape index (κ3) is 4.31. The minimum atomic E-state index is -4.52. The molecule has 1 aromatic carbocycles. The first-order valence-electron chi connectivity index (χ1n) is 3.59. The van der Waals surface area contributed by atoms with Gasteiger partial charge in [0.1, 0.15) is 10.1 Å². The zero-order valence-corrected chi connectivity index (χ0v) is 12.2. The van der Waals surface area contributed by atoms with Gasteiger partial charge in [-0.15, -0.1) is 0 Å². The SMILES string of the molecule is COC(=O)c1cccc(S(=O)(=O)[O-])c1.[K+]. The van der Waals surface area contributed by atoms with Crippen molar-refractivity contribution in [2.24, 2.45) is 0 Å². The molecule has 0 fully saturated rings. The van der Waals surface area contributed by atoms with E-state index in [-0.39, 0.29) is 56.9 Å². The van der Waals surface area contributed by atoms with Crippen LogP contribution in [0.25, 0.3) is 0 Å². The predicted molar refractivity (Wildman–Crippen MR) is 45.7 cm³/mol. The summed E-state index contributed by atoms with van der Waals surface area (Å²) < 4.78 is 36.1. The summed E-state index contributed by atoms with van der Waals surface area (Å²) in [5.41, 5.74) is 0.0319. The first-order chi connectivity index (χ1) is 6.45. The molecule has 0 aliphatic rings. The maximum Gasteiger partial charge on any atom is 1.00 e. The number of carbonyl (C=O) groups excluding carboxylic acids is 1. The molecule has 0 aromatic heterocycles. The van der Waals surface area contributed by atoms with Gasteiger partial charge >= 0.3 is 57.4 Å². The monoisotopic (exact) mass is 254 g/mol. The van der Waals surface area contributed by atoms with Crippen molar-refractivity contribution in [1.82, 2.24) is 0 Å². The number of hydrogen-bond acceptors (Lipinski definition) is 5. The molecule has 0 aliphatic carbocycles. The van der Waals surface area contributed by atoms with Crippen LogP contribution in [0.1, 0.15) is 10.4 Å². The van der Waals surface area contributed by atoms with Gasteiger partial charge in [-0.25, -0.2) is 13.2 Å². The summed E-state index contributed by atoms with van der Waals surface area (Å²) in [5.74, 6) is -0.685. The van der Waals surface area contributed by atoms with E-state index in [9.17, 15) is 17.8 Å². The van der Waals surface area contributed by atoms with Gasteiger partial charge in [-0.1, -0.05) is 6.07 Å². The quantitative estimate of drug-likeness (QED) is 0.328. The van der Waals surface area contributed by atoms with Crippen molar-refractivity contribution >= 4 is 16.1 Å². The Morgan fingerprint density at radius 1 is 1.40 bits per heavy atom. The number of benzene rings is 1. The Bertz CT molecular complexity index is 454. The van der Waals surface area contributed by atoms with E-state index in [2.05, 4.69) is 4.74 Å². The molecule has 0 heterocycles. The van der Waals surface area contributed by atoms with Gasteiger partial charge in [0.2, 0.25) is 0 Å². The molecule has 0 saturated heterocycles. The van der Waals surface area contributed by atoms with Crippen molar-refractivity contribution in [1.29, 1.82) is 0 Å². The number of esters is 1. The Kier molecular flexibility index (Phi) is 6.19.